The van der Waals surface area contributed by atoms with Crippen molar-refractivity contribution in [1.29, 1.82) is 0 Å². The second kappa shape index (κ2) is 12.0. The third-order valence-corrected chi connectivity index (χ3v) is 10.3. The number of anilines is 1. The standard InChI is InChI=1S/C31H36ClFN6O2S/c1-4-26(40)37-14-15-38(20(3)17-37)30-24-16-25(32)27(21-6-8-22(33)9-7-21)29-28(24)39(31(41)34-30)23(19-42-29)18-36-12-10-35(5-2)11-13-36/h4,6-9,16,20,23H,1,5,10-15,17-19H2,2-3H3/t20-,23-/m0/s1. The Kier molecular flexibility index (Phi) is 8.33. The first-order valence-corrected chi connectivity index (χ1v) is 16.0. The number of aromatic nitrogens is 2. The molecule has 2 atom stereocenters. The summed E-state index contributed by atoms with van der Waals surface area (Å²) in [6, 6.07) is 8.15. The summed E-state index contributed by atoms with van der Waals surface area (Å²) in [5.74, 6) is 0.893. The van der Waals surface area contributed by atoms with Crippen LogP contribution in [0.2, 0.25) is 5.02 Å². The van der Waals surface area contributed by atoms with E-state index in [1.54, 1.807) is 28.8 Å². The fraction of sp³-hybridized carbons (Fsp3) is 0.452. The Morgan fingerprint density at radius 1 is 1.14 bits per heavy atom. The van der Waals surface area contributed by atoms with Crippen LogP contribution in [0, 0.1) is 5.82 Å². The Labute approximate surface area is 254 Å². The molecule has 11 heteroatoms. The van der Waals surface area contributed by atoms with E-state index in [9.17, 15) is 14.0 Å². The van der Waals surface area contributed by atoms with Crippen molar-refractivity contribution in [2.24, 2.45) is 0 Å². The van der Waals surface area contributed by atoms with Crippen LogP contribution < -0.4 is 10.6 Å². The third kappa shape index (κ3) is 5.34. The summed E-state index contributed by atoms with van der Waals surface area (Å²) < 4.78 is 15.7. The molecule has 0 aliphatic carbocycles. The van der Waals surface area contributed by atoms with E-state index in [-0.39, 0.29) is 29.5 Å². The lowest BCUT2D eigenvalue weighted by Gasteiger charge is -2.41. The topological polar surface area (TPSA) is 64.9 Å². The van der Waals surface area contributed by atoms with Crippen molar-refractivity contribution < 1.29 is 9.18 Å². The molecule has 0 bridgehead atoms. The predicted molar refractivity (Wildman–Crippen MR) is 168 cm³/mol. The first kappa shape index (κ1) is 29.2. The van der Waals surface area contributed by atoms with Gasteiger partial charge in [0.2, 0.25) is 5.91 Å². The van der Waals surface area contributed by atoms with Crippen LogP contribution in [0.1, 0.15) is 19.9 Å². The van der Waals surface area contributed by atoms with E-state index in [2.05, 4.69) is 28.2 Å². The van der Waals surface area contributed by atoms with E-state index in [1.807, 2.05) is 17.6 Å². The molecule has 1 amide bonds. The Hall–Kier alpha value is -2.92. The first-order valence-electron chi connectivity index (χ1n) is 14.6. The highest BCUT2D eigenvalue weighted by Crippen LogP contribution is 2.47. The quantitative estimate of drug-likeness (QED) is 0.384. The fourth-order valence-corrected chi connectivity index (χ4v) is 8.19. The third-order valence-electron chi connectivity index (χ3n) is 8.78. The number of benzene rings is 2. The van der Waals surface area contributed by atoms with Crippen molar-refractivity contribution in [1.82, 2.24) is 24.3 Å². The molecule has 222 valence electrons. The summed E-state index contributed by atoms with van der Waals surface area (Å²) >= 11 is 8.72. The van der Waals surface area contributed by atoms with E-state index < -0.39 is 0 Å². The number of carbonyl (C=O) groups excluding carboxylic acids is 1. The second-order valence-corrected chi connectivity index (χ2v) is 12.7. The summed E-state index contributed by atoms with van der Waals surface area (Å²) in [6.07, 6.45) is 1.34. The number of piperazine rings is 2. The molecule has 8 nitrogen and oxygen atoms in total. The van der Waals surface area contributed by atoms with Crippen LogP contribution in [0.3, 0.4) is 0 Å². The number of hydrogen-bond acceptors (Lipinski definition) is 7. The Balaban J connectivity index is 1.47. The summed E-state index contributed by atoms with van der Waals surface area (Å²) in [6.45, 7) is 15.2. The Bertz CT molecular complexity index is 1570. The van der Waals surface area contributed by atoms with E-state index in [1.165, 1.54) is 18.2 Å². The van der Waals surface area contributed by atoms with Gasteiger partial charge in [-0.1, -0.05) is 37.2 Å². The van der Waals surface area contributed by atoms with Gasteiger partial charge in [-0.05, 0) is 43.3 Å². The number of nitrogens with zero attached hydrogens (tertiary/aromatic N) is 6. The maximum atomic E-state index is 14.0. The Morgan fingerprint density at radius 3 is 2.52 bits per heavy atom. The molecule has 2 saturated heterocycles. The van der Waals surface area contributed by atoms with Gasteiger partial charge >= 0.3 is 5.69 Å². The van der Waals surface area contributed by atoms with Crippen molar-refractivity contribution in [2.75, 3.05) is 69.6 Å². The van der Waals surface area contributed by atoms with Gasteiger partial charge in [0.15, 0.2) is 0 Å². The number of likely N-dealkylation sites (N-methyl/N-ethyl adjacent to an activating group) is 1. The van der Waals surface area contributed by atoms with Gasteiger partial charge in [0.05, 0.1) is 16.6 Å². The van der Waals surface area contributed by atoms with Gasteiger partial charge in [0.1, 0.15) is 11.6 Å². The van der Waals surface area contributed by atoms with Crippen molar-refractivity contribution in [3.8, 4) is 11.1 Å². The number of amides is 1. The van der Waals surface area contributed by atoms with Gasteiger partial charge < -0.3 is 14.7 Å². The lowest BCUT2D eigenvalue weighted by atomic mass is 10.0. The number of carbonyl (C=O) groups is 1. The molecule has 42 heavy (non-hydrogen) atoms. The molecule has 4 heterocycles. The van der Waals surface area contributed by atoms with Crippen molar-refractivity contribution in [2.45, 2.75) is 30.8 Å². The molecule has 0 saturated carbocycles. The van der Waals surface area contributed by atoms with Gasteiger partial charge in [-0.15, -0.1) is 11.8 Å². The van der Waals surface area contributed by atoms with Crippen LogP contribution in [0.15, 0.2) is 52.7 Å². The van der Waals surface area contributed by atoms with E-state index in [0.717, 1.165) is 66.2 Å². The maximum Gasteiger partial charge on any atom is 0.350 e. The van der Waals surface area contributed by atoms with Gasteiger partial charge in [0, 0.05) is 80.0 Å². The SMILES string of the molecule is C=CC(=O)N1CCN(c2nc(=O)n3c4c(c(-c5ccc(F)cc5)c(Cl)cc24)SC[C@@H]3CN2CCN(CC)CC2)[C@@H](C)C1. The molecule has 3 aliphatic heterocycles. The van der Waals surface area contributed by atoms with Crippen LogP contribution in [0.4, 0.5) is 10.2 Å². The van der Waals surface area contributed by atoms with Crippen LogP contribution in [0.25, 0.3) is 22.0 Å². The zero-order chi connectivity index (χ0) is 29.5. The van der Waals surface area contributed by atoms with Gasteiger partial charge in [0.25, 0.3) is 0 Å². The highest BCUT2D eigenvalue weighted by atomic mass is 35.5. The molecule has 0 N–H and O–H groups in total. The molecule has 0 unspecified atom stereocenters. The molecule has 6 rings (SSSR count). The largest absolute Gasteiger partial charge is 0.350 e. The zero-order valence-electron chi connectivity index (χ0n) is 24.1. The summed E-state index contributed by atoms with van der Waals surface area (Å²) in [5.41, 5.74) is 2.17. The molecule has 2 fully saturated rings. The fourth-order valence-electron chi connectivity index (χ4n) is 6.49. The molecular weight excluding hydrogens is 575 g/mol. The van der Waals surface area contributed by atoms with E-state index >= 15 is 0 Å². The van der Waals surface area contributed by atoms with Gasteiger partial charge in [-0.3, -0.25) is 14.3 Å². The summed E-state index contributed by atoms with van der Waals surface area (Å²) in [7, 11) is 0. The highest BCUT2D eigenvalue weighted by molar-refractivity contribution is 7.99. The number of hydrogen-bond donors (Lipinski definition) is 0. The number of thioether (sulfide) groups is 1. The number of halogens is 2. The second-order valence-electron chi connectivity index (χ2n) is 11.3. The number of rotatable bonds is 6. The van der Waals surface area contributed by atoms with Crippen LogP contribution in [-0.4, -0.2) is 101 Å². The van der Waals surface area contributed by atoms with E-state index in [4.69, 9.17) is 16.6 Å². The minimum absolute atomic E-state index is 0.0473. The molecule has 3 aliphatic rings. The van der Waals surface area contributed by atoms with Crippen molar-refractivity contribution in [3.63, 3.8) is 0 Å². The zero-order valence-corrected chi connectivity index (χ0v) is 25.6. The predicted octanol–water partition coefficient (Wildman–Crippen LogP) is 4.36. The molecule has 1 aromatic heterocycles. The van der Waals surface area contributed by atoms with Crippen molar-refractivity contribution in [3.05, 3.63) is 64.3 Å². The molecule has 0 spiro atoms. The maximum absolute atomic E-state index is 14.0. The monoisotopic (exact) mass is 610 g/mol. The molecule has 2 aromatic carbocycles. The van der Waals surface area contributed by atoms with Gasteiger partial charge in [-0.25, -0.2) is 9.18 Å². The summed E-state index contributed by atoms with van der Waals surface area (Å²) in [5, 5.41) is 1.36. The minimum Gasteiger partial charge on any atom is -0.350 e. The van der Waals surface area contributed by atoms with E-state index in [0.29, 0.717) is 36.2 Å². The molecule has 3 aromatic rings. The van der Waals surface area contributed by atoms with Gasteiger partial charge in [-0.2, -0.15) is 4.98 Å². The lowest BCUT2D eigenvalue weighted by molar-refractivity contribution is -0.126. The minimum atomic E-state index is -0.313. The van der Waals surface area contributed by atoms with Crippen LogP contribution in [0.5, 0.6) is 0 Å². The smallest absolute Gasteiger partial charge is 0.350 e. The van der Waals surface area contributed by atoms with Crippen molar-refractivity contribution >= 4 is 46.0 Å². The lowest BCUT2D eigenvalue weighted by Crippen LogP contribution is -2.54. The molecule has 0 radical (unpaired) electrons. The summed E-state index contributed by atoms with van der Waals surface area (Å²) in [4.78, 5) is 40.7. The average molecular weight is 611 g/mol. The average Bonchev–Trinajstić information content (AvgIpc) is 3.00. The van der Waals surface area contributed by atoms with Crippen LogP contribution >= 0.6 is 23.4 Å². The normalized spacial score (nSPS) is 21.6. The Morgan fingerprint density at radius 2 is 1.86 bits per heavy atom. The van der Waals surface area contributed by atoms with Crippen LogP contribution in [-0.2, 0) is 4.79 Å². The highest BCUT2D eigenvalue weighted by Gasteiger charge is 2.34. The first-order chi connectivity index (χ1) is 20.3. The molecular formula is C31H36ClFN6O2S.